The number of carbonyl (C=O) groups excluding carboxylic acids is 1. The van der Waals surface area contributed by atoms with Crippen LogP contribution in [-0.4, -0.2) is 61.7 Å². The van der Waals surface area contributed by atoms with Crippen LogP contribution < -0.4 is 0 Å². The number of hydrogen-bond donors (Lipinski definition) is 1. The lowest BCUT2D eigenvalue weighted by atomic mass is 9.81. The van der Waals surface area contributed by atoms with Gasteiger partial charge in [-0.3, -0.25) is 4.90 Å². The van der Waals surface area contributed by atoms with E-state index in [0.717, 1.165) is 5.20 Å². The number of ether oxygens (including phenoxy) is 2. The van der Waals surface area contributed by atoms with Gasteiger partial charge >= 0.3 is 6.09 Å². The number of morpholine rings is 1. The highest BCUT2D eigenvalue weighted by atomic mass is 28.3. The van der Waals surface area contributed by atoms with Crippen molar-refractivity contribution in [3.8, 4) is 11.1 Å². The van der Waals surface area contributed by atoms with E-state index < -0.39 is 13.7 Å². The fraction of sp³-hybridized carbons (Fsp3) is 0.444. The predicted octanol–water partition coefficient (Wildman–Crippen LogP) is 4.96. The highest BCUT2D eigenvalue weighted by Crippen LogP contribution is 2.45. The van der Waals surface area contributed by atoms with Gasteiger partial charge in [-0.15, -0.1) is 6.58 Å². The minimum atomic E-state index is -1.74. The van der Waals surface area contributed by atoms with E-state index in [1.54, 1.807) is 0 Å². The van der Waals surface area contributed by atoms with E-state index in [2.05, 4.69) is 50.5 Å². The van der Waals surface area contributed by atoms with E-state index in [1.807, 2.05) is 29.2 Å². The Morgan fingerprint density at radius 2 is 1.58 bits per heavy atom. The molecule has 6 heteroatoms. The monoisotopic (exact) mass is 463 g/mol. The molecule has 0 radical (unpaired) electrons. The van der Waals surface area contributed by atoms with Gasteiger partial charge in [0.25, 0.3) is 0 Å². The summed E-state index contributed by atoms with van der Waals surface area (Å²) in [5.74, 6) is 0.0332. The van der Waals surface area contributed by atoms with E-state index in [1.165, 1.54) is 22.3 Å². The molecule has 1 amide bonds. The van der Waals surface area contributed by atoms with Gasteiger partial charge in [0.1, 0.15) is 6.61 Å². The highest BCUT2D eigenvalue weighted by Gasteiger charge is 2.51. The molecule has 2 unspecified atom stereocenters. The van der Waals surface area contributed by atoms with Gasteiger partial charge in [0.2, 0.25) is 0 Å². The summed E-state index contributed by atoms with van der Waals surface area (Å²) < 4.78 is 11.7. The number of rotatable bonds is 4. The van der Waals surface area contributed by atoms with Crippen LogP contribution in [0.3, 0.4) is 0 Å². The van der Waals surface area contributed by atoms with Crippen molar-refractivity contribution in [3.63, 3.8) is 0 Å². The highest BCUT2D eigenvalue weighted by molar-refractivity contribution is 6.83. The number of aliphatic hydroxyl groups is 1. The van der Waals surface area contributed by atoms with Crippen molar-refractivity contribution in [3.05, 3.63) is 71.4 Å². The standard InChI is InChI=1S/C27H33NO4Si/c1-18(33(2,3)4)27(30)13-19-15-31-16-20(14-27)28(19)26(29)32-17-25-23-11-7-5-9-21(23)22-10-6-8-12-24(22)25/h5-12,19-20,25,30H,1,13-17H2,2-4H3. The summed E-state index contributed by atoms with van der Waals surface area (Å²) in [4.78, 5) is 15.1. The average molecular weight is 464 g/mol. The van der Waals surface area contributed by atoms with Gasteiger partial charge in [-0.2, -0.15) is 0 Å². The van der Waals surface area contributed by atoms with Crippen molar-refractivity contribution in [1.29, 1.82) is 0 Å². The molecule has 3 aliphatic rings. The molecule has 5 rings (SSSR count). The topological polar surface area (TPSA) is 59.0 Å². The molecule has 1 aliphatic carbocycles. The van der Waals surface area contributed by atoms with Gasteiger partial charge in [-0.1, -0.05) is 73.4 Å². The smallest absolute Gasteiger partial charge is 0.410 e. The summed E-state index contributed by atoms with van der Waals surface area (Å²) in [5.41, 5.74) is 3.90. The van der Waals surface area contributed by atoms with E-state index >= 15 is 0 Å². The molecule has 1 N–H and O–H groups in total. The van der Waals surface area contributed by atoms with Crippen LogP contribution in [-0.2, 0) is 9.47 Å². The molecule has 2 aromatic rings. The molecule has 2 bridgehead atoms. The second-order valence-corrected chi connectivity index (χ2v) is 15.8. The second kappa shape index (κ2) is 8.11. The molecule has 5 nitrogen and oxygen atoms in total. The third-order valence-electron chi connectivity index (χ3n) is 7.57. The minimum Gasteiger partial charge on any atom is -0.448 e. The van der Waals surface area contributed by atoms with Gasteiger partial charge in [0.05, 0.1) is 39.0 Å². The Hall–Kier alpha value is -2.41. The summed E-state index contributed by atoms with van der Waals surface area (Å²) in [6.07, 6.45) is 0.601. The Morgan fingerprint density at radius 1 is 1.06 bits per heavy atom. The molecular formula is C27H33NO4Si. The zero-order chi connectivity index (χ0) is 23.4. The van der Waals surface area contributed by atoms with E-state index in [-0.39, 0.29) is 24.1 Å². The number of amides is 1. The molecule has 2 fully saturated rings. The van der Waals surface area contributed by atoms with E-state index in [4.69, 9.17) is 9.47 Å². The second-order valence-electron chi connectivity index (χ2n) is 10.7. The van der Waals surface area contributed by atoms with Gasteiger partial charge in [-0.05, 0) is 22.3 Å². The Kier molecular flexibility index (Phi) is 5.50. The van der Waals surface area contributed by atoms with Crippen LogP contribution in [0.1, 0.15) is 29.9 Å². The van der Waals surface area contributed by atoms with Crippen LogP contribution in [0.4, 0.5) is 4.79 Å². The molecule has 2 atom stereocenters. The number of benzene rings is 2. The van der Waals surface area contributed by atoms with Crippen LogP contribution in [0.15, 0.2) is 60.3 Å². The predicted molar refractivity (Wildman–Crippen MR) is 132 cm³/mol. The first-order valence-electron chi connectivity index (χ1n) is 11.8. The quantitative estimate of drug-likeness (QED) is 0.651. The molecular weight excluding hydrogens is 430 g/mol. The maximum Gasteiger partial charge on any atom is 0.410 e. The number of carbonyl (C=O) groups is 1. The maximum absolute atomic E-state index is 13.3. The lowest BCUT2D eigenvalue weighted by molar-refractivity contribution is -0.118. The van der Waals surface area contributed by atoms with Crippen LogP contribution in [0.25, 0.3) is 11.1 Å². The summed E-state index contributed by atoms with van der Waals surface area (Å²) in [5, 5.41) is 12.5. The lowest BCUT2D eigenvalue weighted by Crippen LogP contribution is -2.65. The fourth-order valence-corrected chi connectivity index (χ4v) is 7.49. The third-order valence-corrected chi connectivity index (χ3v) is 9.84. The zero-order valence-electron chi connectivity index (χ0n) is 19.7. The lowest BCUT2D eigenvalue weighted by Gasteiger charge is -2.52. The molecule has 2 heterocycles. The summed E-state index contributed by atoms with van der Waals surface area (Å²) in [6.45, 7) is 12.0. The third kappa shape index (κ3) is 3.84. The van der Waals surface area contributed by atoms with Crippen LogP contribution >= 0.6 is 0 Å². The van der Waals surface area contributed by atoms with Crippen molar-refractivity contribution in [2.24, 2.45) is 0 Å². The van der Waals surface area contributed by atoms with Gasteiger partial charge < -0.3 is 14.6 Å². The molecule has 174 valence electrons. The van der Waals surface area contributed by atoms with Gasteiger partial charge in [0.15, 0.2) is 0 Å². The fourth-order valence-electron chi connectivity index (χ4n) is 5.89. The molecule has 2 saturated heterocycles. The molecule has 2 aliphatic heterocycles. The Bertz CT molecular complexity index is 1030. The molecule has 2 aromatic carbocycles. The average Bonchev–Trinajstić information content (AvgIpc) is 3.09. The maximum atomic E-state index is 13.3. The summed E-state index contributed by atoms with van der Waals surface area (Å²) in [7, 11) is -1.74. The summed E-state index contributed by atoms with van der Waals surface area (Å²) in [6, 6.07) is 16.3. The number of hydrogen-bond acceptors (Lipinski definition) is 4. The molecule has 33 heavy (non-hydrogen) atoms. The molecule has 0 saturated carbocycles. The normalized spacial score (nSPS) is 26.5. The van der Waals surface area contributed by atoms with Crippen molar-refractivity contribution >= 4 is 14.2 Å². The first-order chi connectivity index (χ1) is 15.7. The Balaban J connectivity index is 1.33. The zero-order valence-corrected chi connectivity index (χ0v) is 20.7. The molecule has 0 spiro atoms. The first-order valence-corrected chi connectivity index (χ1v) is 15.3. The van der Waals surface area contributed by atoms with Crippen LogP contribution in [0, 0.1) is 0 Å². The number of piperidine rings is 1. The van der Waals surface area contributed by atoms with E-state index in [0.29, 0.717) is 32.7 Å². The van der Waals surface area contributed by atoms with E-state index in [9.17, 15) is 9.90 Å². The Labute approximate surface area is 197 Å². The Morgan fingerprint density at radius 3 is 2.09 bits per heavy atom. The first kappa shape index (κ1) is 22.4. The largest absolute Gasteiger partial charge is 0.448 e. The van der Waals surface area contributed by atoms with Crippen LogP contribution in [0.5, 0.6) is 0 Å². The SMILES string of the molecule is C=C(C1(O)CC2COCC(C1)N2C(=O)OCC1c2ccccc2-c2ccccc21)[Si](C)(C)C. The number of fused-ring (bicyclic) bond motifs is 5. The number of nitrogens with zero attached hydrogens (tertiary/aromatic N) is 1. The van der Waals surface area contributed by atoms with Crippen molar-refractivity contribution in [2.75, 3.05) is 19.8 Å². The van der Waals surface area contributed by atoms with Crippen molar-refractivity contribution in [1.82, 2.24) is 4.90 Å². The summed E-state index contributed by atoms with van der Waals surface area (Å²) >= 11 is 0. The molecule has 0 aromatic heterocycles. The minimum absolute atomic E-state index is 0.0332. The van der Waals surface area contributed by atoms with Gasteiger partial charge in [0, 0.05) is 18.8 Å². The van der Waals surface area contributed by atoms with Crippen molar-refractivity contribution < 1.29 is 19.4 Å². The van der Waals surface area contributed by atoms with Gasteiger partial charge in [-0.25, -0.2) is 4.79 Å². The van der Waals surface area contributed by atoms with Crippen molar-refractivity contribution in [2.45, 2.75) is 56.1 Å². The van der Waals surface area contributed by atoms with Crippen LogP contribution in [0.2, 0.25) is 19.6 Å².